The molecule has 5 rings (SSSR count). The molecular formula is C23H22N4O5. The molecule has 2 aliphatic rings. The second-order valence-electron chi connectivity index (χ2n) is 7.71. The molecule has 0 unspecified atom stereocenters. The lowest BCUT2D eigenvalue weighted by molar-refractivity contribution is -0.384. The van der Waals surface area contributed by atoms with E-state index in [1.54, 1.807) is 41.5 Å². The van der Waals surface area contributed by atoms with Gasteiger partial charge in [-0.2, -0.15) is 0 Å². The molecule has 3 heterocycles. The third-order valence-electron chi connectivity index (χ3n) is 5.79. The fraction of sp³-hybridized carbons (Fsp3) is 0.261. The van der Waals surface area contributed by atoms with Crippen molar-refractivity contribution in [2.45, 2.75) is 12.7 Å². The van der Waals surface area contributed by atoms with Gasteiger partial charge < -0.3 is 24.3 Å². The van der Waals surface area contributed by atoms with E-state index >= 15 is 0 Å². The van der Waals surface area contributed by atoms with Crippen LogP contribution in [0.5, 0.6) is 0 Å². The van der Waals surface area contributed by atoms with Gasteiger partial charge in [0.25, 0.3) is 11.6 Å². The van der Waals surface area contributed by atoms with Crippen molar-refractivity contribution in [2.75, 3.05) is 36.5 Å². The number of carbonyl (C=O) groups excluding carboxylic acids is 1. The second-order valence-corrected chi connectivity index (χ2v) is 7.71. The van der Waals surface area contributed by atoms with Crippen molar-refractivity contribution in [1.82, 2.24) is 4.90 Å². The molecule has 1 N–H and O–H groups in total. The van der Waals surface area contributed by atoms with E-state index in [1.807, 2.05) is 29.2 Å². The predicted octanol–water partition coefficient (Wildman–Crippen LogP) is 3.79. The number of carbonyl (C=O) groups is 1. The van der Waals surface area contributed by atoms with E-state index < -0.39 is 6.17 Å². The Labute approximate surface area is 184 Å². The Morgan fingerprint density at radius 3 is 2.66 bits per heavy atom. The molecule has 164 valence electrons. The largest absolute Gasteiger partial charge is 0.467 e. The van der Waals surface area contributed by atoms with Crippen LogP contribution in [0.2, 0.25) is 0 Å². The summed E-state index contributed by atoms with van der Waals surface area (Å²) in [7, 11) is 0. The molecule has 1 fully saturated rings. The highest BCUT2D eigenvalue weighted by Gasteiger charge is 2.35. The SMILES string of the molecule is O=C1c2ccccc2N[C@H](c2ccc(N3CCOCC3)c([N+](=O)[O-])c2)N1Cc1ccco1. The quantitative estimate of drug-likeness (QED) is 0.482. The van der Waals surface area contributed by atoms with Crippen molar-refractivity contribution in [1.29, 1.82) is 0 Å². The minimum atomic E-state index is -0.583. The van der Waals surface area contributed by atoms with Gasteiger partial charge >= 0.3 is 0 Å². The first-order chi connectivity index (χ1) is 15.6. The van der Waals surface area contributed by atoms with Crippen molar-refractivity contribution in [2.24, 2.45) is 0 Å². The molecule has 0 aliphatic carbocycles. The Morgan fingerprint density at radius 2 is 1.91 bits per heavy atom. The van der Waals surface area contributed by atoms with Gasteiger partial charge in [0.15, 0.2) is 0 Å². The van der Waals surface area contributed by atoms with Gasteiger partial charge in [-0.05, 0) is 30.3 Å². The van der Waals surface area contributed by atoms with Crippen molar-refractivity contribution in [3.05, 3.63) is 87.9 Å². The van der Waals surface area contributed by atoms with Crippen LogP contribution in [-0.4, -0.2) is 42.0 Å². The predicted molar refractivity (Wildman–Crippen MR) is 118 cm³/mol. The summed E-state index contributed by atoms with van der Waals surface area (Å²) in [5.41, 5.74) is 2.44. The Morgan fingerprint density at radius 1 is 1.09 bits per heavy atom. The first-order valence-corrected chi connectivity index (χ1v) is 10.4. The summed E-state index contributed by atoms with van der Waals surface area (Å²) < 4.78 is 10.8. The number of amides is 1. The second kappa shape index (κ2) is 8.35. The molecule has 3 aromatic rings. The van der Waals surface area contributed by atoms with Crippen molar-refractivity contribution in [3.63, 3.8) is 0 Å². The Balaban J connectivity index is 1.55. The molecule has 1 atom stereocenters. The molecule has 2 aliphatic heterocycles. The fourth-order valence-electron chi connectivity index (χ4n) is 4.22. The highest BCUT2D eigenvalue weighted by atomic mass is 16.6. The maximum atomic E-state index is 13.3. The van der Waals surface area contributed by atoms with Crippen LogP contribution in [0.4, 0.5) is 17.1 Å². The van der Waals surface area contributed by atoms with Crippen LogP contribution in [0.15, 0.2) is 65.3 Å². The van der Waals surface area contributed by atoms with Gasteiger partial charge in [-0.3, -0.25) is 14.9 Å². The van der Waals surface area contributed by atoms with Crippen LogP contribution in [0.1, 0.15) is 27.8 Å². The lowest BCUT2D eigenvalue weighted by Crippen LogP contribution is -2.42. The summed E-state index contributed by atoms with van der Waals surface area (Å²) in [6, 6.07) is 16.0. The van der Waals surface area contributed by atoms with Gasteiger partial charge in [-0.15, -0.1) is 0 Å². The Bertz CT molecular complexity index is 1140. The number of morpholine rings is 1. The number of fused-ring (bicyclic) bond motifs is 1. The van der Waals surface area contributed by atoms with Gasteiger partial charge in [0, 0.05) is 30.4 Å². The van der Waals surface area contributed by atoms with Crippen LogP contribution in [-0.2, 0) is 11.3 Å². The molecule has 32 heavy (non-hydrogen) atoms. The summed E-state index contributed by atoms with van der Waals surface area (Å²) in [5, 5.41) is 15.3. The number of nitrogens with one attached hydrogen (secondary N) is 1. The van der Waals surface area contributed by atoms with Crippen LogP contribution in [0.3, 0.4) is 0 Å². The highest BCUT2D eigenvalue weighted by Crippen LogP contribution is 2.38. The third kappa shape index (κ3) is 3.67. The van der Waals surface area contributed by atoms with Gasteiger partial charge in [-0.1, -0.05) is 18.2 Å². The standard InChI is InChI=1S/C23H22N4O5/c28-23-18-5-1-2-6-19(18)24-22(26(23)15-17-4-3-11-32-17)16-7-8-20(21(14-16)27(29)30)25-9-12-31-13-10-25/h1-8,11,14,22,24H,9-10,12-13,15H2/t22-/m0/s1. The van der Waals surface area contributed by atoms with Crippen LogP contribution >= 0.6 is 0 Å². The van der Waals surface area contributed by atoms with Crippen molar-refractivity contribution in [3.8, 4) is 0 Å². The van der Waals surface area contributed by atoms with E-state index in [4.69, 9.17) is 9.15 Å². The first-order valence-electron chi connectivity index (χ1n) is 10.4. The number of benzene rings is 2. The monoisotopic (exact) mass is 434 g/mol. The number of rotatable bonds is 5. The van der Waals surface area contributed by atoms with E-state index in [9.17, 15) is 14.9 Å². The first kappa shape index (κ1) is 20.1. The zero-order valence-corrected chi connectivity index (χ0v) is 17.3. The van der Waals surface area contributed by atoms with E-state index in [0.29, 0.717) is 54.6 Å². The summed E-state index contributed by atoms with van der Waals surface area (Å²) in [6.07, 6.45) is 0.974. The number of nitrogens with zero attached hydrogens (tertiary/aromatic N) is 3. The summed E-state index contributed by atoms with van der Waals surface area (Å²) in [4.78, 5) is 28.5. The normalized spacial score (nSPS) is 18.2. The number of para-hydroxylation sites is 1. The number of furan rings is 1. The molecule has 0 saturated carbocycles. The molecule has 0 bridgehead atoms. The molecule has 1 saturated heterocycles. The van der Waals surface area contributed by atoms with Crippen LogP contribution < -0.4 is 10.2 Å². The molecule has 1 aromatic heterocycles. The van der Waals surface area contributed by atoms with E-state index in [-0.39, 0.29) is 23.1 Å². The highest BCUT2D eigenvalue weighted by molar-refractivity contribution is 6.01. The third-order valence-corrected chi connectivity index (χ3v) is 5.79. The maximum Gasteiger partial charge on any atom is 0.292 e. The molecule has 2 aromatic carbocycles. The molecule has 0 spiro atoms. The fourth-order valence-corrected chi connectivity index (χ4v) is 4.22. The Hall–Kier alpha value is -3.85. The molecule has 9 heteroatoms. The number of hydrogen-bond acceptors (Lipinski definition) is 7. The number of ether oxygens (including phenoxy) is 1. The lowest BCUT2D eigenvalue weighted by Gasteiger charge is -2.38. The molecule has 0 radical (unpaired) electrons. The number of anilines is 2. The average Bonchev–Trinajstić information content (AvgIpc) is 3.34. The van der Waals surface area contributed by atoms with E-state index in [1.165, 1.54) is 0 Å². The maximum absolute atomic E-state index is 13.3. The van der Waals surface area contributed by atoms with Gasteiger partial charge in [0.2, 0.25) is 0 Å². The lowest BCUT2D eigenvalue weighted by atomic mass is 10.0. The minimum absolute atomic E-state index is 0.00968. The van der Waals surface area contributed by atoms with Crippen LogP contribution in [0.25, 0.3) is 0 Å². The van der Waals surface area contributed by atoms with E-state index in [0.717, 1.165) is 0 Å². The zero-order valence-electron chi connectivity index (χ0n) is 17.3. The molecule has 9 nitrogen and oxygen atoms in total. The number of hydrogen-bond donors (Lipinski definition) is 1. The van der Waals surface area contributed by atoms with Gasteiger partial charge in [0.05, 0.1) is 36.5 Å². The topological polar surface area (TPSA) is 101 Å². The average molecular weight is 434 g/mol. The van der Waals surface area contributed by atoms with Crippen molar-refractivity contribution >= 4 is 23.0 Å². The minimum Gasteiger partial charge on any atom is -0.467 e. The zero-order chi connectivity index (χ0) is 22.1. The number of nitro benzene ring substituents is 1. The summed E-state index contributed by atoms with van der Waals surface area (Å²) >= 11 is 0. The number of nitro groups is 1. The Kier molecular flexibility index (Phi) is 5.24. The van der Waals surface area contributed by atoms with E-state index in [2.05, 4.69) is 5.32 Å². The van der Waals surface area contributed by atoms with Crippen LogP contribution in [0, 0.1) is 10.1 Å². The van der Waals surface area contributed by atoms with Crippen molar-refractivity contribution < 1.29 is 18.9 Å². The smallest absolute Gasteiger partial charge is 0.292 e. The van der Waals surface area contributed by atoms with Gasteiger partial charge in [0.1, 0.15) is 17.6 Å². The van der Waals surface area contributed by atoms with Gasteiger partial charge in [-0.25, -0.2) is 0 Å². The molecular weight excluding hydrogens is 412 g/mol. The summed E-state index contributed by atoms with van der Waals surface area (Å²) in [6.45, 7) is 2.49. The summed E-state index contributed by atoms with van der Waals surface area (Å²) in [5.74, 6) is 0.463. The molecule has 1 amide bonds.